The number of ether oxygens (including phenoxy) is 1. The Morgan fingerprint density at radius 2 is 1.81 bits per heavy atom. The van der Waals surface area contributed by atoms with Crippen LogP contribution in [0.25, 0.3) is 0 Å². The SMILES string of the molecule is C#Cc1ccccc1C(C(=O)NCCCC)N(C)C(=O)C(NC(=O)OC(C)(C)C)C(C)C. The normalized spacial score (nSPS) is 13.0. The second kappa shape index (κ2) is 12.1. The average Bonchev–Trinajstić information content (AvgIpc) is 2.70. The molecule has 2 N–H and O–H groups in total. The van der Waals surface area contributed by atoms with Gasteiger partial charge in [0.2, 0.25) is 11.8 Å². The molecule has 0 aliphatic heterocycles. The van der Waals surface area contributed by atoms with Crippen LogP contribution in [0.1, 0.15) is 71.6 Å². The summed E-state index contributed by atoms with van der Waals surface area (Å²) < 4.78 is 5.32. The standard InChI is InChI=1S/C25H37N3O4/c1-9-11-16-26-22(29)21(19-15-13-12-14-18(19)10-2)28(8)23(30)20(17(3)4)27-24(31)32-25(5,6)7/h2,12-15,17,20-21H,9,11,16H2,1,3-8H3,(H,26,29)(H,27,31). The summed E-state index contributed by atoms with van der Waals surface area (Å²) in [6.45, 7) is 11.4. The third-order valence-electron chi connectivity index (χ3n) is 4.83. The van der Waals surface area contributed by atoms with E-state index < -0.39 is 29.7 Å². The van der Waals surface area contributed by atoms with Gasteiger partial charge in [0, 0.05) is 19.2 Å². The summed E-state index contributed by atoms with van der Waals surface area (Å²) in [6.07, 6.45) is 6.72. The fourth-order valence-corrected chi connectivity index (χ4v) is 3.17. The van der Waals surface area contributed by atoms with Crippen molar-refractivity contribution in [2.45, 2.75) is 72.1 Å². The molecule has 0 aliphatic carbocycles. The van der Waals surface area contributed by atoms with Gasteiger partial charge in [0.1, 0.15) is 17.7 Å². The molecule has 0 spiro atoms. The Morgan fingerprint density at radius 1 is 1.19 bits per heavy atom. The minimum Gasteiger partial charge on any atom is -0.444 e. The van der Waals surface area contributed by atoms with Gasteiger partial charge in [-0.3, -0.25) is 9.59 Å². The molecule has 0 heterocycles. The Balaban J connectivity index is 3.26. The second-order valence-electron chi connectivity index (χ2n) is 9.10. The summed E-state index contributed by atoms with van der Waals surface area (Å²) in [5.41, 5.74) is 0.386. The van der Waals surface area contributed by atoms with Gasteiger partial charge in [-0.05, 0) is 44.7 Å². The minimum absolute atomic E-state index is 0.232. The van der Waals surface area contributed by atoms with Crippen LogP contribution >= 0.6 is 0 Å². The van der Waals surface area contributed by atoms with Crippen LogP contribution in [0, 0.1) is 18.3 Å². The first-order valence-electron chi connectivity index (χ1n) is 11.0. The molecule has 176 valence electrons. The number of carbonyl (C=O) groups is 3. The van der Waals surface area contributed by atoms with E-state index in [1.165, 1.54) is 4.90 Å². The fraction of sp³-hybridized carbons (Fsp3) is 0.560. The smallest absolute Gasteiger partial charge is 0.408 e. The highest BCUT2D eigenvalue weighted by atomic mass is 16.6. The molecule has 0 saturated carbocycles. The highest BCUT2D eigenvalue weighted by Crippen LogP contribution is 2.25. The number of carbonyl (C=O) groups excluding carboxylic acids is 3. The van der Waals surface area contributed by atoms with Gasteiger partial charge in [-0.2, -0.15) is 0 Å². The van der Waals surface area contributed by atoms with Gasteiger partial charge >= 0.3 is 6.09 Å². The van der Waals surface area contributed by atoms with E-state index in [4.69, 9.17) is 11.2 Å². The number of likely N-dealkylation sites (N-methyl/N-ethyl adjacent to an activating group) is 1. The maximum Gasteiger partial charge on any atom is 0.408 e. The van der Waals surface area contributed by atoms with E-state index in [2.05, 4.69) is 16.6 Å². The largest absolute Gasteiger partial charge is 0.444 e. The Hall–Kier alpha value is -3.01. The molecule has 1 rings (SSSR count). The van der Waals surface area contributed by atoms with Crippen LogP contribution in [0.4, 0.5) is 4.79 Å². The van der Waals surface area contributed by atoms with E-state index in [1.54, 1.807) is 52.1 Å². The van der Waals surface area contributed by atoms with Crippen molar-refractivity contribution in [3.05, 3.63) is 35.4 Å². The van der Waals surface area contributed by atoms with Crippen LogP contribution in [-0.2, 0) is 14.3 Å². The molecule has 0 radical (unpaired) electrons. The van der Waals surface area contributed by atoms with E-state index in [9.17, 15) is 14.4 Å². The molecule has 0 aliphatic rings. The molecule has 2 atom stereocenters. The van der Waals surface area contributed by atoms with Gasteiger partial charge in [-0.1, -0.05) is 51.3 Å². The third-order valence-corrected chi connectivity index (χ3v) is 4.83. The number of benzene rings is 1. The van der Waals surface area contributed by atoms with Crippen LogP contribution in [0.3, 0.4) is 0 Å². The first-order chi connectivity index (χ1) is 14.9. The number of hydrogen-bond acceptors (Lipinski definition) is 4. The lowest BCUT2D eigenvalue weighted by Crippen LogP contribution is -2.53. The quantitative estimate of drug-likeness (QED) is 0.451. The maximum atomic E-state index is 13.5. The van der Waals surface area contributed by atoms with Crippen molar-refractivity contribution in [3.63, 3.8) is 0 Å². The Morgan fingerprint density at radius 3 is 2.34 bits per heavy atom. The van der Waals surface area contributed by atoms with Crippen molar-refractivity contribution < 1.29 is 19.1 Å². The lowest BCUT2D eigenvalue weighted by molar-refractivity contribution is -0.141. The lowest BCUT2D eigenvalue weighted by Gasteiger charge is -2.33. The molecule has 32 heavy (non-hydrogen) atoms. The van der Waals surface area contributed by atoms with E-state index >= 15 is 0 Å². The highest BCUT2D eigenvalue weighted by Gasteiger charge is 2.36. The zero-order valence-corrected chi connectivity index (χ0v) is 20.3. The van der Waals surface area contributed by atoms with Crippen LogP contribution in [-0.4, -0.2) is 48.0 Å². The molecule has 7 heteroatoms. The summed E-state index contributed by atoms with van der Waals surface area (Å²) in [7, 11) is 1.55. The molecule has 7 nitrogen and oxygen atoms in total. The fourth-order valence-electron chi connectivity index (χ4n) is 3.17. The predicted molar refractivity (Wildman–Crippen MR) is 126 cm³/mol. The number of nitrogens with zero attached hydrogens (tertiary/aromatic N) is 1. The van der Waals surface area contributed by atoms with Crippen molar-refractivity contribution in [1.29, 1.82) is 0 Å². The van der Waals surface area contributed by atoms with Crippen LogP contribution < -0.4 is 10.6 Å². The van der Waals surface area contributed by atoms with Crippen LogP contribution in [0.15, 0.2) is 24.3 Å². The maximum absolute atomic E-state index is 13.5. The van der Waals surface area contributed by atoms with E-state index in [0.717, 1.165) is 12.8 Å². The van der Waals surface area contributed by atoms with E-state index in [1.807, 2.05) is 20.8 Å². The summed E-state index contributed by atoms with van der Waals surface area (Å²) in [5.74, 6) is 1.63. The first-order valence-corrected chi connectivity index (χ1v) is 11.0. The Labute approximate surface area is 192 Å². The molecule has 1 aromatic carbocycles. The van der Waals surface area contributed by atoms with Crippen molar-refractivity contribution in [3.8, 4) is 12.3 Å². The number of terminal acetylenes is 1. The Bertz CT molecular complexity index is 836. The van der Waals surface area contributed by atoms with Gasteiger partial charge in [0.25, 0.3) is 0 Å². The molecule has 0 aromatic heterocycles. The van der Waals surface area contributed by atoms with Crippen LogP contribution in [0.2, 0.25) is 0 Å². The number of unbranched alkanes of at least 4 members (excludes halogenated alkanes) is 1. The summed E-state index contributed by atoms with van der Waals surface area (Å²) in [6, 6.07) is 5.23. The molecular formula is C25H37N3O4. The number of nitrogens with one attached hydrogen (secondary N) is 2. The van der Waals surface area contributed by atoms with Gasteiger partial charge < -0.3 is 20.3 Å². The van der Waals surface area contributed by atoms with Crippen molar-refractivity contribution in [2.75, 3.05) is 13.6 Å². The lowest BCUT2D eigenvalue weighted by atomic mass is 9.96. The minimum atomic E-state index is -0.937. The third kappa shape index (κ3) is 7.92. The first kappa shape index (κ1) is 27.0. The number of alkyl carbamates (subject to hydrolysis) is 1. The second-order valence-corrected chi connectivity index (χ2v) is 9.10. The number of rotatable bonds is 9. The average molecular weight is 444 g/mol. The van der Waals surface area contributed by atoms with Gasteiger partial charge in [-0.15, -0.1) is 6.42 Å². The van der Waals surface area contributed by atoms with E-state index in [0.29, 0.717) is 17.7 Å². The van der Waals surface area contributed by atoms with Crippen LogP contribution in [0.5, 0.6) is 0 Å². The topological polar surface area (TPSA) is 87.7 Å². The Kier molecular flexibility index (Phi) is 10.2. The molecule has 2 unspecified atom stereocenters. The molecule has 0 bridgehead atoms. The van der Waals surface area contributed by atoms with Gasteiger partial charge in [0.05, 0.1) is 0 Å². The molecule has 1 aromatic rings. The summed E-state index contributed by atoms with van der Waals surface area (Å²) in [4.78, 5) is 40.3. The molecular weight excluding hydrogens is 406 g/mol. The number of hydrogen-bond donors (Lipinski definition) is 2. The van der Waals surface area contributed by atoms with E-state index in [-0.39, 0.29) is 11.8 Å². The molecule has 0 fully saturated rings. The molecule has 3 amide bonds. The van der Waals surface area contributed by atoms with Crippen molar-refractivity contribution in [1.82, 2.24) is 15.5 Å². The van der Waals surface area contributed by atoms with Crippen molar-refractivity contribution in [2.24, 2.45) is 5.92 Å². The zero-order valence-electron chi connectivity index (χ0n) is 20.3. The monoisotopic (exact) mass is 443 g/mol. The summed E-state index contributed by atoms with van der Waals surface area (Å²) in [5, 5.41) is 5.55. The zero-order chi connectivity index (χ0) is 24.5. The molecule has 0 saturated heterocycles. The van der Waals surface area contributed by atoms with Gasteiger partial charge in [0.15, 0.2) is 0 Å². The van der Waals surface area contributed by atoms with Crippen molar-refractivity contribution >= 4 is 17.9 Å². The highest BCUT2D eigenvalue weighted by molar-refractivity contribution is 5.92. The number of amides is 3. The summed E-state index contributed by atoms with van der Waals surface area (Å²) >= 11 is 0. The predicted octanol–water partition coefficient (Wildman–Crippen LogP) is 3.63. The van der Waals surface area contributed by atoms with Gasteiger partial charge in [-0.25, -0.2) is 4.79 Å².